The van der Waals surface area contributed by atoms with E-state index >= 15 is 0 Å². The van der Waals surface area contributed by atoms with E-state index in [4.69, 9.17) is 27.9 Å². The molecule has 2 rings (SSSR count). The van der Waals surface area contributed by atoms with Crippen LogP contribution in [0.25, 0.3) is 0 Å². The molecule has 1 heterocycles. The minimum Gasteiger partial charge on any atom is -0.494 e. The van der Waals surface area contributed by atoms with Crippen molar-refractivity contribution in [1.29, 1.82) is 0 Å². The van der Waals surface area contributed by atoms with E-state index < -0.39 is 10.0 Å². The van der Waals surface area contributed by atoms with E-state index in [2.05, 4.69) is 9.71 Å². The van der Waals surface area contributed by atoms with Crippen LogP contribution < -0.4 is 9.46 Å². The molecule has 0 radical (unpaired) electrons. The summed E-state index contributed by atoms with van der Waals surface area (Å²) in [6.45, 7) is 2.34. The zero-order valence-electron chi connectivity index (χ0n) is 11.0. The number of benzene rings is 1. The van der Waals surface area contributed by atoms with Crippen LogP contribution in [0.1, 0.15) is 6.92 Å². The third-order valence-electron chi connectivity index (χ3n) is 2.48. The Bertz CT molecular complexity index is 751. The summed E-state index contributed by atoms with van der Waals surface area (Å²) >= 11 is 11.5. The highest BCUT2D eigenvalue weighted by Gasteiger charge is 2.16. The summed E-state index contributed by atoms with van der Waals surface area (Å²) in [6, 6.07) is 7.88. The maximum atomic E-state index is 12.2. The van der Waals surface area contributed by atoms with Crippen molar-refractivity contribution in [1.82, 2.24) is 4.98 Å². The molecule has 8 heteroatoms. The Morgan fingerprint density at radius 2 is 2.05 bits per heavy atom. The number of hydrogen-bond acceptors (Lipinski definition) is 4. The van der Waals surface area contributed by atoms with E-state index in [1.165, 1.54) is 6.07 Å². The van der Waals surface area contributed by atoms with Crippen molar-refractivity contribution in [2.45, 2.75) is 11.8 Å². The normalized spacial score (nSPS) is 11.2. The van der Waals surface area contributed by atoms with Gasteiger partial charge in [-0.15, -0.1) is 0 Å². The largest absolute Gasteiger partial charge is 0.494 e. The molecule has 0 saturated heterocycles. The minimum atomic E-state index is -3.80. The summed E-state index contributed by atoms with van der Waals surface area (Å²) in [4.78, 5) is 3.65. The summed E-state index contributed by atoms with van der Waals surface area (Å²) in [7, 11) is -3.80. The van der Waals surface area contributed by atoms with Gasteiger partial charge >= 0.3 is 0 Å². The zero-order valence-corrected chi connectivity index (χ0v) is 13.3. The van der Waals surface area contributed by atoms with Gasteiger partial charge in [-0.05, 0) is 25.1 Å². The van der Waals surface area contributed by atoms with E-state index in [0.717, 1.165) is 6.20 Å². The molecular formula is C13H12Cl2N2O3S. The van der Waals surface area contributed by atoms with Gasteiger partial charge in [-0.1, -0.05) is 29.3 Å². The smallest absolute Gasteiger partial charge is 0.263 e. The maximum absolute atomic E-state index is 12.2. The number of aromatic nitrogens is 1. The van der Waals surface area contributed by atoms with Crippen LogP contribution in [-0.4, -0.2) is 20.0 Å². The first-order chi connectivity index (χ1) is 9.92. The summed E-state index contributed by atoms with van der Waals surface area (Å²) < 4.78 is 32.2. The van der Waals surface area contributed by atoms with Crippen LogP contribution in [0.3, 0.4) is 0 Å². The van der Waals surface area contributed by atoms with Crippen molar-refractivity contribution in [3.63, 3.8) is 0 Å². The van der Waals surface area contributed by atoms with Crippen molar-refractivity contribution in [3.05, 3.63) is 46.7 Å². The van der Waals surface area contributed by atoms with E-state index in [-0.39, 0.29) is 15.1 Å². The summed E-state index contributed by atoms with van der Waals surface area (Å²) in [5, 5.41) is 0.122. The number of nitrogens with one attached hydrogen (secondary N) is 1. The molecule has 0 amide bonds. The Morgan fingerprint density at radius 3 is 2.71 bits per heavy atom. The molecule has 21 heavy (non-hydrogen) atoms. The number of hydrogen-bond donors (Lipinski definition) is 1. The van der Waals surface area contributed by atoms with Crippen molar-refractivity contribution in [2.24, 2.45) is 0 Å². The third kappa shape index (κ3) is 4.00. The first-order valence-corrected chi connectivity index (χ1v) is 8.23. The van der Waals surface area contributed by atoms with E-state index in [1.807, 2.05) is 6.92 Å². The highest BCUT2D eigenvalue weighted by molar-refractivity contribution is 7.92. The van der Waals surface area contributed by atoms with Gasteiger partial charge in [0.05, 0.1) is 17.3 Å². The fourth-order valence-electron chi connectivity index (χ4n) is 1.58. The molecule has 0 unspecified atom stereocenters. The number of pyridine rings is 1. The number of rotatable bonds is 5. The van der Waals surface area contributed by atoms with Crippen LogP contribution in [0.4, 0.5) is 5.69 Å². The van der Waals surface area contributed by atoms with Crippen molar-refractivity contribution in [2.75, 3.05) is 11.3 Å². The lowest BCUT2D eigenvalue weighted by molar-refractivity contribution is 0.340. The lowest BCUT2D eigenvalue weighted by Crippen LogP contribution is -2.13. The van der Waals surface area contributed by atoms with Gasteiger partial charge in [-0.3, -0.25) is 4.72 Å². The topological polar surface area (TPSA) is 68.3 Å². The fraction of sp³-hybridized carbons (Fsp3) is 0.154. The highest BCUT2D eigenvalue weighted by Crippen LogP contribution is 2.24. The predicted molar refractivity (Wildman–Crippen MR) is 82.7 cm³/mol. The molecule has 0 fully saturated rings. The van der Waals surface area contributed by atoms with Crippen LogP contribution in [-0.2, 0) is 10.0 Å². The number of halogens is 2. The van der Waals surface area contributed by atoms with E-state index in [0.29, 0.717) is 18.0 Å². The van der Waals surface area contributed by atoms with Gasteiger partial charge in [-0.25, -0.2) is 13.4 Å². The Kier molecular flexibility index (Phi) is 4.92. The Labute approximate surface area is 132 Å². The van der Waals surface area contributed by atoms with Crippen LogP contribution >= 0.6 is 23.2 Å². The number of anilines is 1. The minimum absolute atomic E-state index is 0.0500. The standard InChI is InChI=1S/C13H12Cl2N2O3S/c1-2-20-10-5-3-4-9(6-10)17-21(18,19)11-7-12(14)13(15)16-8-11/h3-8,17H,2H2,1H3. The molecule has 2 aromatic rings. The Hall–Kier alpha value is -1.50. The molecule has 1 N–H and O–H groups in total. The number of ether oxygens (including phenoxy) is 1. The zero-order chi connectivity index (χ0) is 15.5. The quantitative estimate of drug-likeness (QED) is 0.840. The molecule has 1 aromatic heterocycles. The van der Waals surface area contributed by atoms with Crippen molar-refractivity contribution < 1.29 is 13.2 Å². The summed E-state index contributed by atoms with van der Waals surface area (Å²) in [5.74, 6) is 0.574. The monoisotopic (exact) mass is 346 g/mol. The van der Waals surface area contributed by atoms with E-state index in [9.17, 15) is 8.42 Å². The second-order valence-electron chi connectivity index (χ2n) is 4.01. The van der Waals surface area contributed by atoms with Gasteiger partial charge in [0.15, 0.2) is 0 Å². The third-order valence-corrected chi connectivity index (χ3v) is 4.51. The van der Waals surface area contributed by atoms with E-state index in [1.54, 1.807) is 24.3 Å². The molecule has 0 aliphatic rings. The lowest BCUT2D eigenvalue weighted by atomic mass is 10.3. The summed E-state index contributed by atoms with van der Waals surface area (Å²) in [6.07, 6.45) is 1.14. The molecule has 112 valence electrons. The van der Waals surface area contributed by atoms with Gasteiger partial charge in [0.1, 0.15) is 15.8 Å². The number of sulfonamides is 1. The molecule has 0 aliphatic carbocycles. The van der Waals surface area contributed by atoms with Gasteiger partial charge in [0.25, 0.3) is 10.0 Å². The predicted octanol–water partition coefficient (Wildman–Crippen LogP) is 3.59. The average Bonchev–Trinajstić information content (AvgIpc) is 2.42. The van der Waals surface area contributed by atoms with Crippen LogP contribution in [0.5, 0.6) is 5.75 Å². The first-order valence-electron chi connectivity index (χ1n) is 5.99. The van der Waals surface area contributed by atoms with Gasteiger partial charge in [0, 0.05) is 12.3 Å². The number of nitrogens with zero attached hydrogens (tertiary/aromatic N) is 1. The van der Waals surface area contributed by atoms with Gasteiger partial charge < -0.3 is 4.74 Å². The van der Waals surface area contributed by atoms with Gasteiger partial charge in [-0.2, -0.15) is 0 Å². The fourth-order valence-corrected chi connectivity index (χ4v) is 2.93. The first kappa shape index (κ1) is 15.9. The molecule has 5 nitrogen and oxygen atoms in total. The van der Waals surface area contributed by atoms with Crippen LogP contribution in [0, 0.1) is 0 Å². The van der Waals surface area contributed by atoms with Gasteiger partial charge in [0.2, 0.25) is 0 Å². The molecule has 0 aliphatic heterocycles. The van der Waals surface area contributed by atoms with Crippen molar-refractivity contribution in [3.8, 4) is 5.75 Å². The molecule has 0 bridgehead atoms. The second kappa shape index (κ2) is 6.51. The molecule has 0 atom stereocenters. The van der Waals surface area contributed by atoms with Crippen molar-refractivity contribution >= 4 is 38.9 Å². The Morgan fingerprint density at radius 1 is 1.29 bits per heavy atom. The lowest BCUT2D eigenvalue weighted by Gasteiger charge is -2.10. The molecule has 0 spiro atoms. The molecule has 1 aromatic carbocycles. The molecule has 0 saturated carbocycles. The highest BCUT2D eigenvalue weighted by atomic mass is 35.5. The Balaban J connectivity index is 2.28. The maximum Gasteiger partial charge on any atom is 0.263 e. The summed E-state index contributed by atoms with van der Waals surface area (Å²) in [5.41, 5.74) is 0.382. The average molecular weight is 347 g/mol. The SMILES string of the molecule is CCOc1cccc(NS(=O)(=O)c2cnc(Cl)c(Cl)c2)c1. The second-order valence-corrected chi connectivity index (χ2v) is 6.46. The van der Waals surface area contributed by atoms with Crippen LogP contribution in [0.2, 0.25) is 10.2 Å². The molecular weight excluding hydrogens is 335 g/mol. The van der Waals surface area contributed by atoms with Crippen LogP contribution in [0.15, 0.2) is 41.4 Å².